The number of furan rings is 1. The molecule has 0 aliphatic carbocycles. The van der Waals surface area contributed by atoms with Crippen LogP contribution in [0.5, 0.6) is 0 Å². The number of rotatable bonds is 3. The molecule has 0 bridgehead atoms. The Morgan fingerprint density at radius 3 is 3.00 bits per heavy atom. The molecule has 0 N–H and O–H groups in total. The number of esters is 1. The van der Waals surface area contributed by atoms with Crippen LogP contribution in [0.3, 0.4) is 0 Å². The quantitative estimate of drug-likeness (QED) is 0.683. The minimum Gasteiger partial charge on any atom is -0.469 e. The molecule has 2 heterocycles. The first-order chi connectivity index (χ1) is 9.78. The Morgan fingerprint density at radius 2 is 2.15 bits per heavy atom. The van der Waals surface area contributed by atoms with Crippen molar-refractivity contribution in [3.63, 3.8) is 0 Å². The summed E-state index contributed by atoms with van der Waals surface area (Å²) < 4.78 is 10.1. The van der Waals surface area contributed by atoms with Gasteiger partial charge in [0.15, 0.2) is 0 Å². The molecule has 100 valence electrons. The summed E-state index contributed by atoms with van der Waals surface area (Å²) in [7, 11) is 1.34. The number of fused-ring (bicyclic) bond motifs is 1. The molecule has 0 amide bonds. The van der Waals surface area contributed by atoms with Crippen molar-refractivity contribution in [3.8, 4) is 11.3 Å². The van der Waals surface area contributed by atoms with Crippen molar-refractivity contribution < 1.29 is 13.9 Å². The number of carbonyl (C=O) groups is 1. The van der Waals surface area contributed by atoms with Gasteiger partial charge in [-0.3, -0.25) is 4.79 Å². The maximum atomic E-state index is 11.3. The summed E-state index contributed by atoms with van der Waals surface area (Å²) in [4.78, 5) is 19.7. The Bertz CT molecular complexity index is 764. The second-order valence-corrected chi connectivity index (χ2v) is 4.26. The van der Waals surface area contributed by atoms with E-state index in [1.165, 1.54) is 7.11 Å². The van der Waals surface area contributed by atoms with Gasteiger partial charge in [-0.25, -0.2) is 9.97 Å². The van der Waals surface area contributed by atoms with Gasteiger partial charge in [0.25, 0.3) is 0 Å². The van der Waals surface area contributed by atoms with Crippen molar-refractivity contribution in [1.82, 2.24) is 9.97 Å². The second-order valence-electron chi connectivity index (χ2n) is 4.26. The molecule has 0 aliphatic heterocycles. The third kappa shape index (κ3) is 2.25. The standard InChI is InChI=1S/C15H12N2O3/c1-19-15(18)8-14-16-7-6-12(17-14)11-9-20-13-5-3-2-4-10(11)13/h2-7,9H,8H2,1H3. The molecule has 0 fully saturated rings. The zero-order valence-electron chi connectivity index (χ0n) is 10.9. The van der Waals surface area contributed by atoms with Gasteiger partial charge in [-0.2, -0.15) is 0 Å². The van der Waals surface area contributed by atoms with Crippen LogP contribution in [-0.4, -0.2) is 23.0 Å². The van der Waals surface area contributed by atoms with Crippen LogP contribution in [0.2, 0.25) is 0 Å². The molecule has 3 rings (SSSR count). The minimum atomic E-state index is -0.362. The molecule has 2 aromatic heterocycles. The minimum absolute atomic E-state index is 0.0557. The highest BCUT2D eigenvalue weighted by Crippen LogP contribution is 2.28. The van der Waals surface area contributed by atoms with Gasteiger partial charge in [-0.1, -0.05) is 18.2 Å². The molecule has 0 spiro atoms. The highest BCUT2D eigenvalue weighted by molar-refractivity contribution is 5.92. The highest BCUT2D eigenvalue weighted by Gasteiger charge is 2.11. The molecule has 0 unspecified atom stereocenters. The number of carbonyl (C=O) groups excluding carboxylic acids is 1. The SMILES string of the molecule is COC(=O)Cc1nccc(-c2coc3ccccc23)n1. The predicted octanol–water partition coefficient (Wildman–Crippen LogP) is 2.61. The number of para-hydroxylation sites is 1. The van der Waals surface area contributed by atoms with Crippen LogP contribution < -0.4 is 0 Å². The van der Waals surface area contributed by atoms with E-state index in [9.17, 15) is 4.79 Å². The van der Waals surface area contributed by atoms with Gasteiger partial charge >= 0.3 is 5.97 Å². The number of methoxy groups -OCH3 is 1. The highest BCUT2D eigenvalue weighted by atomic mass is 16.5. The summed E-state index contributed by atoms with van der Waals surface area (Å²) in [6.07, 6.45) is 3.34. The summed E-state index contributed by atoms with van der Waals surface area (Å²) in [5.74, 6) is 0.0684. The maximum Gasteiger partial charge on any atom is 0.313 e. The first-order valence-electron chi connectivity index (χ1n) is 6.13. The van der Waals surface area contributed by atoms with E-state index < -0.39 is 0 Å². The van der Waals surface area contributed by atoms with Gasteiger partial charge in [-0.05, 0) is 12.1 Å². The van der Waals surface area contributed by atoms with Crippen LogP contribution in [-0.2, 0) is 16.0 Å². The van der Waals surface area contributed by atoms with Gasteiger partial charge in [0.2, 0.25) is 0 Å². The number of aromatic nitrogens is 2. The van der Waals surface area contributed by atoms with E-state index >= 15 is 0 Å². The molecule has 5 heteroatoms. The Hall–Kier alpha value is -2.69. The van der Waals surface area contributed by atoms with Crippen LogP contribution in [0.15, 0.2) is 47.2 Å². The number of nitrogens with zero attached hydrogens (tertiary/aromatic N) is 2. The van der Waals surface area contributed by atoms with Crippen LogP contribution >= 0.6 is 0 Å². The predicted molar refractivity (Wildman–Crippen MR) is 73.0 cm³/mol. The Kier molecular flexibility index (Phi) is 3.16. The van der Waals surface area contributed by atoms with Crippen molar-refractivity contribution in [2.45, 2.75) is 6.42 Å². The molecule has 0 aliphatic rings. The monoisotopic (exact) mass is 268 g/mol. The molecular formula is C15H12N2O3. The van der Waals surface area contributed by atoms with Crippen LogP contribution in [0.25, 0.3) is 22.2 Å². The van der Waals surface area contributed by atoms with E-state index in [1.54, 1.807) is 18.5 Å². The van der Waals surface area contributed by atoms with Crippen molar-refractivity contribution in [2.24, 2.45) is 0 Å². The van der Waals surface area contributed by atoms with Crippen molar-refractivity contribution >= 4 is 16.9 Å². The molecule has 5 nitrogen and oxygen atoms in total. The normalized spacial score (nSPS) is 10.7. The van der Waals surface area contributed by atoms with Crippen LogP contribution in [0.4, 0.5) is 0 Å². The van der Waals surface area contributed by atoms with Crippen molar-refractivity contribution in [3.05, 3.63) is 48.6 Å². The lowest BCUT2D eigenvalue weighted by atomic mass is 10.1. The third-order valence-corrected chi connectivity index (χ3v) is 2.99. The smallest absolute Gasteiger partial charge is 0.313 e. The zero-order chi connectivity index (χ0) is 13.9. The second kappa shape index (κ2) is 5.13. The van der Waals surface area contributed by atoms with E-state index in [4.69, 9.17) is 4.42 Å². The first kappa shape index (κ1) is 12.3. The fourth-order valence-electron chi connectivity index (χ4n) is 2.01. The zero-order valence-corrected chi connectivity index (χ0v) is 10.9. The summed E-state index contributed by atoms with van der Waals surface area (Å²) in [6, 6.07) is 9.51. The van der Waals surface area contributed by atoms with Gasteiger partial charge < -0.3 is 9.15 Å². The molecule has 1 aromatic carbocycles. The van der Waals surface area contributed by atoms with Gasteiger partial charge in [-0.15, -0.1) is 0 Å². The van der Waals surface area contributed by atoms with Gasteiger partial charge in [0.1, 0.15) is 24.1 Å². The van der Waals surface area contributed by atoms with E-state index in [1.807, 2.05) is 24.3 Å². The number of benzene rings is 1. The first-order valence-corrected chi connectivity index (χ1v) is 6.13. The maximum absolute atomic E-state index is 11.3. The Morgan fingerprint density at radius 1 is 1.30 bits per heavy atom. The lowest BCUT2D eigenvalue weighted by Gasteiger charge is -2.01. The Labute approximate surface area is 115 Å². The van der Waals surface area contributed by atoms with Gasteiger partial charge in [0.05, 0.1) is 12.8 Å². The topological polar surface area (TPSA) is 65.2 Å². The Balaban J connectivity index is 2.02. The van der Waals surface area contributed by atoms with Crippen LogP contribution in [0.1, 0.15) is 5.82 Å². The summed E-state index contributed by atoms with van der Waals surface area (Å²) in [5, 5.41) is 0.982. The molecule has 20 heavy (non-hydrogen) atoms. The number of hydrogen-bond donors (Lipinski definition) is 0. The van der Waals surface area contributed by atoms with Crippen LogP contribution in [0, 0.1) is 0 Å². The molecule has 3 aromatic rings. The lowest BCUT2D eigenvalue weighted by Crippen LogP contribution is -2.08. The van der Waals surface area contributed by atoms with E-state index in [0.717, 1.165) is 22.2 Å². The summed E-state index contributed by atoms with van der Waals surface area (Å²) in [5.41, 5.74) is 2.41. The lowest BCUT2D eigenvalue weighted by molar-refractivity contribution is -0.139. The molecule has 0 atom stereocenters. The average molecular weight is 268 g/mol. The van der Waals surface area contributed by atoms with E-state index in [-0.39, 0.29) is 12.4 Å². The molecule has 0 radical (unpaired) electrons. The fourth-order valence-corrected chi connectivity index (χ4v) is 2.01. The van der Waals surface area contributed by atoms with E-state index in [0.29, 0.717) is 5.82 Å². The van der Waals surface area contributed by atoms with Gasteiger partial charge in [0, 0.05) is 17.1 Å². The summed E-state index contributed by atoms with van der Waals surface area (Å²) >= 11 is 0. The molecule has 0 saturated carbocycles. The van der Waals surface area contributed by atoms with Crippen molar-refractivity contribution in [1.29, 1.82) is 0 Å². The largest absolute Gasteiger partial charge is 0.469 e. The van der Waals surface area contributed by atoms with E-state index in [2.05, 4.69) is 14.7 Å². The van der Waals surface area contributed by atoms with Crippen molar-refractivity contribution in [2.75, 3.05) is 7.11 Å². The average Bonchev–Trinajstić information content (AvgIpc) is 2.91. The fraction of sp³-hybridized carbons (Fsp3) is 0.133. The summed E-state index contributed by atoms with van der Waals surface area (Å²) in [6.45, 7) is 0. The number of hydrogen-bond acceptors (Lipinski definition) is 5. The molecule has 0 saturated heterocycles. The number of ether oxygens (including phenoxy) is 1. The molecular weight excluding hydrogens is 256 g/mol. The third-order valence-electron chi connectivity index (χ3n) is 2.99.